The van der Waals surface area contributed by atoms with Crippen molar-refractivity contribution in [2.45, 2.75) is 19.4 Å². The number of hydrogen-bond donors (Lipinski definition) is 1. The molecule has 1 fully saturated rings. The molecule has 0 bridgehead atoms. The molecule has 0 radical (unpaired) electrons. The second-order valence-electron chi connectivity index (χ2n) is 7.02. The number of hydrogen-bond acceptors (Lipinski definition) is 8. The topological polar surface area (TPSA) is 97.9 Å². The molecule has 1 aromatic heterocycles. The van der Waals surface area contributed by atoms with Gasteiger partial charge in [-0.3, -0.25) is 4.90 Å². The van der Waals surface area contributed by atoms with Gasteiger partial charge in [0.15, 0.2) is 0 Å². The van der Waals surface area contributed by atoms with Gasteiger partial charge in [0.2, 0.25) is 11.7 Å². The second-order valence-corrected chi connectivity index (χ2v) is 7.02. The van der Waals surface area contributed by atoms with Crippen molar-refractivity contribution in [3.63, 3.8) is 0 Å². The zero-order valence-electron chi connectivity index (χ0n) is 15.7. The number of esters is 1. The van der Waals surface area contributed by atoms with E-state index in [9.17, 15) is 9.90 Å². The molecule has 0 unspecified atom stereocenters. The summed E-state index contributed by atoms with van der Waals surface area (Å²) in [6, 6.07) is 6.85. The minimum Gasteiger partial charge on any atom is -0.465 e. The molecule has 1 aliphatic rings. The zero-order valence-corrected chi connectivity index (χ0v) is 15.7. The summed E-state index contributed by atoms with van der Waals surface area (Å²) in [5.41, 5.74) is 1.09. The molecule has 3 rings (SSSR count). The van der Waals surface area contributed by atoms with Gasteiger partial charge in [-0.2, -0.15) is 4.98 Å². The van der Waals surface area contributed by atoms with Crippen molar-refractivity contribution in [2.24, 2.45) is 5.41 Å². The SMILES string of the molecule is COC(=O)c1ccc(-c2noc(CN(C)CC3(CO)CCOCC3)n2)cc1. The van der Waals surface area contributed by atoms with E-state index in [1.807, 2.05) is 7.05 Å². The molecule has 1 N–H and O–H groups in total. The van der Waals surface area contributed by atoms with Gasteiger partial charge in [-0.15, -0.1) is 0 Å². The number of aliphatic hydroxyl groups is 1. The van der Waals surface area contributed by atoms with Crippen LogP contribution in [0.4, 0.5) is 0 Å². The van der Waals surface area contributed by atoms with E-state index in [0.717, 1.165) is 24.9 Å². The molecule has 8 heteroatoms. The molecule has 2 aromatic rings. The third-order valence-corrected chi connectivity index (χ3v) is 4.93. The van der Waals surface area contributed by atoms with Crippen molar-refractivity contribution < 1.29 is 23.9 Å². The lowest BCUT2D eigenvalue weighted by atomic mass is 9.80. The van der Waals surface area contributed by atoms with Crippen molar-refractivity contribution in [2.75, 3.05) is 40.5 Å². The average molecular weight is 375 g/mol. The number of methoxy groups -OCH3 is 1. The first-order valence-corrected chi connectivity index (χ1v) is 8.94. The van der Waals surface area contributed by atoms with E-state index in [1.165, 1.54) is 7.11 Å². The molecule has 2 heterocycles. The maximum absolute atomic E-state index is 11.5. The first kappa shape index (κ1) is 19.5. The number of carbonyl (C=O) groups is 1. The van der Waals surface area contributed by atoms with E-state index >= 15 is 0 Å². The molecule has 0 amide bonds. The van der Waals surface area contributed by atoms with Gasteiger partial charge in [0.05, 0.1) is 25.8 Å². The number of rotatable bonds is 7. The fourth-order valence-corrected chi connectivity index (χ4v) is 3.34. The van der Waals surface area contributed by atoms with Gasteiger partial charge in [-0.25, -0.2) is 4.79 Å². The molecule has 0 spiro atoms. The van der Waals surface area contributed by atoms with Crippen LogP contribution < -0.4 is 0 Å². The van der Waals surface area contributed by atoms with Crippen LogP contribution in [0.2, 0.25) is 0 Å². The Morgan fingerprint density at radius 2 is 2.00 bits per heavy atom. The van der Waals surface area contributed by atoms with Gasteiger partial charge in [-0.1, -0.05) is 17.3 Å². The molecule has 1 aliphatic heterocycles. The Hall–Kier alpha value is -2.29. The minimum absolute atomic E-state index is 0.139. The summed E-state index contributed by atoms with van der Waals surface area (Å²) in [5.74, 6) is 0.588. The van der Waals surface area contributed by atoms with E-state index in [4.69, 9.17) is 9.26 Å². The van der Waals surface area contributed by atoms with Crippen LogP contribution in [0.15, 0.2) is 28.8 Å². The molecule has 0 aliphatic carbocycles. The lowest BCUT2D eigenvalue weighted by Crippen LogP contribution is -2.42. The van der Waals surface area contributed by atoms with Crippen molar-refractivity contribution in [1.29, 1.82) is 0 Å². The largest absolute Gasteiger partial charge is 0.465 e. The number of aliphatic hydroxyl groups excluding tert-OH is 1. The lowest BCUT2D eigenvalue weighted by molar-refractivity contribution is -0.0327. The van der Waals surface area contributed by atoms with Crippen LogP contribution in [0, 0.1) is 5.41 Å². The summed E-state index contributed by atoms with van der Waals surface area (Å²) in [6.45, 7) is 2.73. The van der Waals surface area contributed by atoms with E-state index in [2.05, 4.69) is 19.8 Å². The zero-order chi connectivity index (χ0) is 19.3. The predicted octanol–water partition coefficient (Wildman–Crippen LogP) is 1.74. The van der Waals surface area contributed by atoms with Crippen molar-refractivity contribution >= 4 is 5.97 Å². The van der Waals surface area contributed by atoms with E-state index in [-0.39, 0.29) is 18.0 Å². The summed E-state index contributed by atoms with van der Waals surface area (Å²) in [6.07, 6.45) is 1.69. The Balaban J connectivity index is 1.62. The molecule has 0 saturated carbocycles. The molecule has 1 aromatic carbocycles. The molecular weight excluding hydrogens is 350 g/mol. The quantitative estimate of drug-likeness (QED) is 0.731. The Bertz CT molecular complexity index is 753. The average Bonchev–Trinajstić information content (AvgIpc) is 3.16. The Morgan fingerprint density at radius 1 is 1.30 bits per heavy atom. The summed E-state index contributed by atoms with van der Waals surface area (Å²) >= 11 is 0. The van der Waals surface area contributed by atoms with Gasteiger partial charge >= 0.3 is 5.97 Å². The molecule has 27 heavy (non-hydrogen) atoms. The van der Waals surface area contributed by atoms with Crippen LogP contribution in [0.25, 0.3) is 11.4 Å². The fraction of sp³-hybridized carbons (Fsp3) is 0.526. The number of aromatic nitrogens is 2. The van der Waals surface area contributed by atoms with Crippen LogP contribution in [0.1, 0.15) is 29.1 Å². The van der Waals surface area contributed by atoms with Crippen LogP contribution in [-0.4, -0.2) is 66.6 Å². The van der Waals surface area contributed by atoms with Crippen LogP contribution in [0.5, 0.6) is 0 Å². The standard InChI is InChI=1S/C19H25N3O5/c1-22(12-19(13-23)7-9-26-10-8-19)11-16-20-17(21-27-16)14-3-5-15(6-4-14)18(24)25-2/h3-6,23H,7-13H2,1-2H3. The number of benzene rings is 1. The van der Waals surface area contributed by atoms with Crippen LogP contribution in [0.3, 0.4) is 0 Å². The highest BCUT2D eigenvalue weighted by Gasteiger charge is 2.33. The van der Waals surface area contributed by atoms with Gasteiger partial charge in [-0.05, 0) is 32.0 Å². The van der Waals surface area contributed by atoms with Crippen LogP contribution in [-0.2, 0) is 16.0 Å². The van der Waals surface area contributed by atoms with E-state index in [0.29, 0.717) is 37.0 Å². The number of carbonyl (C=O) groups excluding carboxylic acids is 1. The van der Waals surface area contributed by atoms with Gasteiger partial charge in [0.1, 0.15) is 0 Å². The van der Waals surface area contributed by atoms with Gasteiger partial charge in [0.25, 0.3) is 0 Å². The maximum Gasteiger partial charge on any atom is 0.337 e. The Kier molecular flexibility index (Phi) is 6.20. The van der Waals surface area contributed by atoms with Crippen molar-refractivity contribution in [3.8, 4) is 11.4 Å². The summed E-state index contributed by atoms with van der Waals surface area (Å²) in [4.78, 5) is 18.0. The normalized spacial score (nSPS) is 16.4. The van der Waals surface area contributed by atoms with Gasteiger partial charge in [0, 0.05) is 30.7 Å². The van der Waals surface area contributed by atoms with Crippen LogP contribution >= 0.6 is 0 Å². The fourth-order valence-electron chi connectivity index (χ4n) is 3.34. The van der Waals surface area contributed by atoms with Crippen molar-refractivity contribution in [1.82, 2.24) is 15.0 Å². The van der Waals surface area contributed by atoms with Crippen molar-refractivity contribution in [3.05, 3.63) is 35.7 Å². The summed E-state index contributed by atoms with van der Waals surface area (Å²) < 4.78 is 15.5. The highest BCUT2D eigenvalue weighted by atomic mass is 16.5. The maximum atomic E-state index is 11.5. The first-order chi connectivity index (χ1) is 13.0. The third kappa shape index (κ3) is 4.71. The molecule has 0 atom stereocenters. The second kappa shape index (κ2) is 8.60. The number of nitrogens with zero attached hydrogens (tertiary/aromatic N) is 3. The monoisotopic (exact) mass is 375 g/mol. The van der Waals surface area contributed by atoms with E-state index < -0.39 is 0 Å². The molecule has 146 valence electrons. The molecule has 8 nitrogen and oxygen atoms in total. The highest BCUT2D eigenvalue weighted by molar-refractivity contribution is 5.89. The first-order valence-electron chi connectivity index (χ1n) is 8.94. The van der Waals surface area contributed by atoms with Gasteiger partial charge < -0.3 is 19.1 Å². The lowest BCUT2D eigenvalue weighted by Gasteiger charge is -2.38. The Labute approximate surface area is 158 Å². The third-order valence-electron chi connectivity index (χ3n) is 4.93. The molecule has 1 saturated heterocycles. The smallest absolute Gasteiger partial charge is 0.337 e. The summed E-state index contributed by atoms with van der Waals surface area (Å²) in [5, 5.41) is 13.8. The van der Waals surface area contributed by atoms with E-state index in [1.54, 1.807) is 24.3 Å². The summed E-state index contributed by atoms with van der Waals surface area (Å²) in [7, 11) is 3.32. The Morgan fingerprint density at radius 3 is 2.63 bits per heavy atom. The number of ether oxygens (including phenoxy) is 2. The predicted molar refractivity (Wildman–Crippen MR) is 97.0 cm³/mol. The molecular formula is C19H25N3O5. The minimum atomic E-state index is -0.386. The highest BCUT2D eigenvalue weighted by Crippen LogP contribution is 2.31.